The lowest BCUT2D eigenvalue weighted by Crippen LogP contribution is -2.03. The predicted molar refractivity (Wildman–Crippen MR) is 75.8 cm³/mol. The Morgan fingerprint density at radius 1 is 1.22 bits per heavy atom. The Hall–Kier alpha value is -1.32. The SMILES string of the molecule is COCCCCn1ccc2ccc(CCN)cc21. The van der Waals surface area contributed by atoms with Crippen LogP contribution in [0.4, 0.5) is 0 Å². The molecule has 1 aromatic carbocycles. The molecule has 3 heteroatoms. The van der Waals surface area contributed by atoms with Crippen LogP contribution in [0, 0.1) is 0 Å². The van der Waals surface area contributed by atoms with Gasteiger partial charge in [0, 0.05) is 32.0 Å². The molecular weight excluding hydrogens is 224 g/mol. The smallest absolute Gasteiger partial charge is 0.0483 e. The highest BCUT2D eigenvalue weighted by molar-refractivity contribution is 5.80. The zero-order chi connectivity index (χ0) is 12.8. The molecule has 0 saturated heterocycles. The van der Waals surface area contributed by atoms with Gasteiger partial charge in [-0.05, 0) is 48.9 Å². The highest BCUT2D eigenvalue weighted by Gasteiger charge is 2.02. The van der Waals surface area contributed by atoms with Crippen molar-refractivity contribution in [3.63, 3.8) is 0 Å². The van der Waals surface area contributed by atoms with E-state index in [1.54, 1.807) is 7.11 Å². The molecular formula is C15H22N2O. The average molecular weight is 246 g/mol. The molecule has 0 aliphatic rings. The van der Waals surface area contributed by atoms with Crippen LogP contribution in [0.5, 0.6) is 0 Å². The average Bonchev–Trinajstić information content (AvgIpc) is 2.78. The maximum atomic E-state index is 5.61. The molecule has 3 nitrogen and oxygen atoms in total. The minimum atomic E-state index is 0.708. The van der Waals surface area contributed by atoms with E-state index in [9.17, 15) is 0 Å². The van der Waals surface area contributed by atoms with Gasteiger partial charge in [-0.15, -0.1) is 0 Å². The summed E-state index contributed by atoms with van der Waals surface area (Å²) >= 11 is 0. The van der Waals surface area contributed by atoms with Crippen LogP contribution < -0.4 is 5.73 Å². The summed E-state index contributed by atoms with van der Waals surface area (Å²) in [6.45, 7) is 2.61. The molecule has 0 spiro atoms. The predicted octanol–water partition coefficient (Wildman–Crippen LogP) is 2.57. The lowest BCUT2D eigenvalue weighted by molar-refractivity contribution is 0.191. The minimum absolute atomic E-state index is 0.708. The van der Waals surface area contributed by atoms with Gasteiger partial charge in [0.2, 0.25) is 0 Å². The number of benzene rings is 1. The van der Waals surface area contributed by atoms with E-state index in [4.69, 9.17) is 10.5 Å². The standard InChI is InChI=1S/C15H22N2O/c1-18-11-3-2-9-17-10-7-14-5-4-13(6-8-16)12-15(14)17/h4-5,7,10,12H,2-3,6,8-9,11,16H2,1H3. The van der Waals surface area contributed by atoms with Crippen LogP contribution in [0.15, 0.2) is 30.5 Å². The fourth-order valence-electron chi connectivity index (χ4n) is 2.28. The van der Waals surface area contributed by atoms with Gasteiger partial charge in [-0.1, -0.05) is 12.1 Å². The van der Waals surface area contributed by atoms with Crippen molar-refractivity contribution in [3.05, 3.63) is 36.0 Å². The molecule has 2 rings (SSSR count). The van der Waals surface area contributed by atoms with E-state index in [1.807, 2.05) is 0 Å². The summed E-state index contributed by atoms with van der Waals surface area (Å²) in [5.74, 6) is 0. The second-order valence-corrected chi connectivity index (χ2v) is 4.64. The first-order valence-corrected chi connectivity index (χ1v) is 6.62. The quantitative estimate of drug-likeness (QED) is 0.763. The minimum Gasteiger partial charge on any atom is -0.385 e. The van der Waals surface area contributed by atoms with E-state index in [0.29, 0.717) is 6.54 Å². The van der Waals surface area contributed by atoms with E-state index in [1.165, 1.54) is 16.5 Å². The van der Waals surface area contributed by atoms with Crippen LogP contribution in [0.1, 0.15) is 18.4 Å². The number of nitrogens with zero attached hydrogens (tertiary/aromatic N) is 1. The van der Waals surface area contributed by atoms with E-state index < -0.39 is 0 Å². The highest BCUT2D eigenvalue weighted by atomic mass is 16.5. The Labute approximate surface area is 109 Å². The number of aromatic nitrogens is 1. The molecule has 0 amide bonds. The summed E-state index contributed by atoms with van der Waals surface area (Å²) in [5, 5.41) is 1.31. The Bertz CT molecular complexity index is 490. The number of fused-ring (bicyclic) bond motifs is 1. The molecule has 0 aliphatic heterocycles. The van der Waals surface area contributed by atoms with E-state index >= 15 is 0 Å². The second-order valence-electron chi connectivity index (χ2n) is 4.64. The fourth-order valence-corrected chi connectivity index (χ4v) is 2.28. The molecule has 0 fully saturated rings. The zero-order valence-corrected chi connectivity index (χ0v) is 11.1. The third-order valence-electron chi connectivity index (χ3n) is 3.27. The van der Waals surface area contributed by atoms with E-state index in [-0.39, 0.29) is 0 Å². The Morgan fingerprint density at radius 3 is 2.89 bits per heavy atom. The van der Waals surface area contributed by atoms with E-state index in [0.717, 1.165) is 32.4 Å². The van der Waals surface area contributed by atoms with Crippen molar-refractivity contribution in [3.8, 4) is 0 Å². The molecule has 2 N–H and O–H groups in total. The van der Waals surface area contributed by atoms with Gasteiger partial charge in [0.25, 0.3) is 0 Å². The fraction of sp³-hybridized carbons (Fsp3) is 0.467. The largest absolute Gasteiger partial charge is 0.385 e. The Kier molecular flexibility index (Phi) is 4.79. The summed E-state index contributed by atoms with van der Waals surface area (Å²) in [7, 11) is 1.75. The van der Waals surface area contributed by atoms with Crippen LogP contribution in [0.2, 0.25) is 0 Å². The molecule has 2 aromatic rings. The topological polar surface area (TPSA) is 40.2 Å². The highest BCUT2D eigenvalue weighted by Crippen LogP contribution is 2.18. The molecule has 1 heterocycles. The van der Waals surface area contributed by atoms with Gasteiger partial charge in [-0.3, -0.25) is 0 Å². The number of hydrogen-bond acceptors (Lipinski definition) is 2. The van der Waals surface area contributed by atoms with Crippen molar-refractivity contribution in [2.75, 3.05) is 20.3 Å². The van der Waals surface area contributed by atoms with Gasteiger partial charge in [0.1, 0.15) is 0 Å². The number of ether oxygens (including phenoxy) is 1. The first-order chi connectivity index (χ1) is 8.85. The number of hydrogen-bond donors (Lipinski definition) is 1. The summed E-state index contributed by atoms with van der Waals surface area (Å²) in [5.41, 5.74) is 8.25. The molecule has 0 aliphatic carbocycles. The van der Waals surface area contributed by atoms with Crippen LogP contribution in [0.3, 0.4) is 0 Å². The van der Waals surface area contributed by atoms with Crippen molar-refractivity contribution in [1.82, 2.24) is 4.57 Å². The van der Waals surface area contributed by atoms with Crippen LogP contribution >= 0.6 is 0 Å². The summed E-state index contributed by atoms with van der Waals surface area (Å²) in [6, 6.07) is 8.80. The molecule has 0 atom stereocenters. The van der Waals surface area contributed by atoms with Gasteiger partial charge in [-0.25, -0.2) is 0 Å². The van der Waals surface area contributed by atoms with E-state index in [2.05, 4.69) is 35.0 Å². The molecule has 98 valence electrons. The monoisotopic (exact) mass is 246 g/mol. The van der Waals surface area contributed by atoms with Gasteiger partial charge in [0.15, 0.2) is 0 Å². The van der Waals surface area contributed by atoms with Gasteiger partial charge >= 0.3 is 0 Å². The van der Waals surface area contributed by atoms with Crippen LogP contribution in [0.25, 0.3) is 10.9 Å². The Morgan fingerprint density at radius 2 is 2.11 bits per heavy atom. The van der Waals surface area contributed by atoms with Gasteiger partial charge in [-0.2, -0.15) is 0 Å². The summed E-state index contributed by atoms with van der Waals surface area (Å²) in [6.07, 6.45) is 5.38. The summed E-state index contributed by atoms with van der Waals surface area (Å²) in [4.78, 5) is 0. The van der Waals surface area contributed by atoms with Gasteiger partial charge in [0.05, 0.1) is 0 Å². The zero-order valence-electron chi connectivity index (χ0n) is 11.1. The van der Waals surface area contributed by atoms with Crippen molar-refractivity contribution in [1.29, 1.82) is 0 Å². The summed E-state index contributed by atoms with van der Waals surface area (Å²) < 4.78 is 7.40. The molecule has 0 bridgehead atoms. The van der Waals surface area contributed by atoms with Crippen molar-refractivity contribution in [2.24, 2.45) is 5.73 Å². The van der Waals surface area contributed by atoms with Crippen molar-refractivity contribution in [2.45, 2.75) is 25.8 Å². The number of aryl methyl sites for hydroxylation is 1. The third-order valence-corrected chi connectivity index (χ3v) is 3.27. The first kappa shape index (κ1) is 13.1. The first-order valence-electron chi connectivity index (χ1n) is 6.62. The number of rotatable bonds is 7. The van der Waals surface area contributed by atoms with Crippen molar-refractivity contribution >= 4 is 10.9 Å². The lowest BCUT2D eigenvalue weighted by Gasteiger charge is -2.06. The maximum Gasteiger partial charge on any atom is 0.0483 e. The third kappa shape index (κ3) is 3.12. The number of methoxy groups -OCH3 is 1. The van der Waals surface area contributed by atoms with Crippen molar-refractivity contribution < 1.29 is 4.74 Å². The molecule has 18 heavy (non-hydrogen) atoms. The molecule has 0 unspecified atom stereocenters. The van der Waals surface area contributed by atoms with Crippen LogP contribution in [-0.2, 0) is 17.7 Å². The van der Waals surface area contributed by atoms with Crippen LogP contribution in [-0.4, -0.2) is 24.8 Å². The molecule has 0 radical (unpaired) electrons. The molecule has 0 saturated carbocycles. The normalized spacial score (nSPS) is 11.2. The number of unbranched alkanes of at least 4 members (excludes halogenated alkanes) is 1. The maximum absolute atomic E-state index is 5.61. The second kappa shape index (κ2) is 6.57. The van der Waals surface area contributed by atoms with Gasteiger partial charge < -0.3 is 15.0 Å². The molecule has 1 aromatic heterocycles. The lowest BCUT2D eigenvalue weighted by atomic mass is 10.1. The number of nitrogens with two attached hydrogens (primary N) is 1. The Balaban J connectivity index is 2.09.